The highest BCUT2D eigenvalue weighted by Crippen LogP contribution is 2.13. The van der Waals surface area contributed by atoms with Crippen LogP contribution < -0.4 is 5.32 Å². The highest BCUT2D eigenvalue weighted by Gasteiger charge is 2.37. The molecule has 0 bridgehead atoms. The number of guanidine groups is 1. The molecule has 2 rings (SSSR count). The largest absolute Gasteiger partial charge is 0.390 e. The van der Waals surface area contributed by atoms with E-state index in [2.05, 4.69) is 15.3 Å². The summed E-state index contributed by atoms with van der Waals surface area (Å²) in [6.45, 7) is 0.206. The zero-order valence-corrected chi connectivity index (χ0v) is 8.98. The van der Waals surface area contributed by atoms with Crippen LogP contribution in [0.25, 0.3) is 0 Å². The van der Waals surface area contributed by atoms with Crippen LogP contribution in [0.3, 0.4) is 0 Å². The Morgan fingerprint density at radius 3 is 3.19 bits per heavy atom. The molecular formula is C8H10ClN5O2. The van der Waals surface area contributed by atoms with Gasteiger partial charge in [0, 0.05) is 6.54 Å². The number of aliphatic imine (C=N–C) groups is 2. The topological polar surface area (TPSA) is 101 Å². The average Bonchev–Trinajstić information content (AvgIpc) is 2.61. The van der Waals surface area contributed by atoms with E-state index < -0.39 is 12.1 Å². The van der Waals surface area contributed by atoms with E-state index in [9.17, 15) is 9.90 Å². The molecule has 2 unspecified atom stereocenters. The van der Waals surface area contributed by atoms with E-state index in [1.807, 2.05) is 0 Å². The number of hydrogen-bond acceptors (Lipinski definition) is 5. The summed E-state index contributed by atoms with van der Waals surface area (Å²) in [4.78, 5) is 20.9. The van der Waals surface area contributed by atoms with Crippen LogP contribution in [0.5, 0.6) is 0 Å². The molecule has 0 fully saturated rings. The Labute approximate surface area is 96.3 Å². The first-order valence-electron chi connectivity index (χ1n) is 4.64. The second-order valence-electron chi connectivity index (χ2n) is 3.46. The first-order chi connectivity index (χ1) is 7.61. The third-order valence-corrected chi connectivity index (χ3v) is 2.59. The summed E-state index contributed by atoms with van der Waals surface area (Å²) in [5.41, 5.74) is 0. The van der Waals surface area contributed by atoms with Crippen molar-refractivity contribution in [2.75, 3.05) is 12.4 Å². The van der Waals surface area contributed by atoms with Gasteiger partial charge < -0.3 is 10.0 Å². The maximum atomic E-state index is 11.6. The number of amides is 1. The lowest BCUT2D eigenvalue weighted by Gasteiger charge is -2.26. The van der Waals surface area contributed by atoms with Crippen molar-refractivity contribution in [3.05, 3.63) is 0 Å². The van der Waals surface area contributed by atoms with Crippen molar-refractivity contribution in [3.8, 4) is 0 Å². The molecule has 0 radical (unpaired) electrons. The van der Waals surface area contributed by atoms with Crippen LogP contribution in [0.4, 0.5) is 0 Å². The second-order valence-corrected chi connectivity index (χ2v) is 3.77. The molecule has 0 saturated heterocycles. The normalized spacial score (nSPS) is 25.2. The minimum Gasteiger partial charge on any atom is -0.390 e. The molecule has 0 aliphatic carbocycles. The number of nitrogens with zero attached hydrogens (tertiary/aromatic N) is 3. The van der Waals surface area contributed by atoms with Crippen molar-refractivity contribution in [2.45, 2.75) is 12.1 Å². The molecule has 0 aromatic rings. The van der Waals surface area contributed by atoms with Crippen LogP contribution in [0.1, 0.15) is 0 Å². The molecule has 0 aromatic carbocycles. The van der Waals surface area contributed by atoms with E-state index >= 15 is 0 Å². The predicted octanol–water partition coefficient (Wildman–Crippen LogP) is -1.24. The first kappa shape index (κ1) is 11.0. The molecular weight excluding hydrogens is 234 g/mol. The van der Waals surface area contributed by atoms with E-state index in [4.69, 9.17) is 17.0 Å². The number of aliphatic hydroxyl groups is 1. The van der Waals surface area contributed by atoms with Gasteiger partial charge in [-0.2, -0.15) is 4.99 Å². The maximum absolute atomic E-state index is 11.6. The van der Waals surface area contributed by atoms with Gasteiger partial charge >= 0.3 is 0 Å². The standard InChI is InChI=1S/C8H10ClN5O2/c9-1-4(15)2-14-3-11-6-5(14)7(16)13-8(10)12-6/h3-5,15H,1-2H2,(H2,10,13,16). The Kier molecular flexibility index (Phi) is 2.88. The summed E-state index contributed by atoms with van der Waals surface area (Å²) in [6.07, 6.45) is 0.693. The fourth-order valence-electron chi connectivity index (χ4n) is 1.55. The van der Waals surface area contributed by atoms with Crippen LogP contribution >= 0.6 is 11.6 Å². The van der Waals surface area contributed by atoms with E-state index in [0.29, 0.717) is 0 Å². The van der Waals surface area contributed by atoms with Gasteiger partial charge in [-0.3, -0.25) is 15.5 Å². The van der Waals surface area contributed by atoms with E-state index in [0.717, 1.165) is 0 Å². The Morgan fingerprint density at radius 1 is 1.75 bits per heavy atom. The molecule has 0 saturated carbocycles. The molecule has 8 heteroatoms. The van der Waals surface area contributed by atoms with Gasteiger partial charge in [-0.05, 0) is 0 Å². The zero-order chi connectivity index (χ0) is 11.7. The third kappa shape index (κ3) is 1.91. The number of alkyl halides is 1. The summed E-state index contributed by atoms with van der Waals surface area (Å²) in [5, 5.41) is 18.9. The van der Waals surface area contributed by atoms with Gasteiger partial charge in [0.1, 0.15) is 0 Å². The minimum absolute atomic E-state index is 0.0843. The van der Waals surface area contributed by atoms with Crippen molar-refractivity contribution in [2.24, 2.45) is 9.98 Å². The van der Waals surface area contributed by atoms with Gasteiger partial charge in [-0.1, -0.05) is 0 Å². The molecule has 2 heterocycles. The van der Waals surface area contributed by atoms with Crippen molar-refractivity contribution >= 4 is 35.6 Å². The Balaban J connectivity index is 2.15. The number of hydrogen-bond donors (Lipinski definition) is 3. The van der Waals surface area contributed by atoms with Gasteiger partial charge in [0.15, 0.2) is 11.9 Å². The number of carbonyl (C=O) groups is 1. The Morgan fingerprint density at radius 2 is 2.50 bits per heavy atom. The highest BCUT2D eigenvalue weighted by molar-refractivity contribution is 6.23. The monoisotopic (exact) mass is 243 g/mol. The van der Waals surface area contributed by atoms with Gasteiger partial charge in [-0.15, -0.1) is 11.6 Å². The molecule has 16 heavy (non-hydrogen) atoms. The van der Waals surface area contributed by atoms with Crippen molar-refractivity contribution < 1.29 is 9.90 Å². The molecule has 1 amide bonds. The van der Waals surface area contributed by atoms with E-state index in [-0.39, 0.29) is 30.1 Å². The number of β-amino-alcohol motifs (C(OH)–C–C–N with tert-alkyl or cyclic N) is 1. The average molecular weight is 244 g/mol. The summed E-state index contributed by atoms with van der Waals surface area (Å²) >= 11 is 5.48. The summed E-state index contributed by atoms with van der Waals surface area (Å²) in [6, 6.07) is -0.660. The van der Waals surface area contributed by atoms with Crippen molar-refractivity contribution in [3.63, 3.8) is 0 Å². The molecule has 7 nitrogen and oxygen atoms in total. The molecule has 3 N–H and O–H groups in total. The molecule has 0 aromatic heterocycles. The Hall–Kier alpha value is -1.47. The third-order valence-electron chi connectivity index (χ3n) is 2.23. The lowest BCUT2D eigenvalue weighted by molar-refractivity contribution is -0.121. The van der Waals surface area contributed by atoms with Crippen LogP contribution in [-0.4, -0.2) is 58.6 Å². The summed E-state index contributed by atoms with van der Waals surface area (Å²) < 4.78 is 0. The summed E-state index contributed by atoms with van der Waals surface area (Å²) in [7, 11) is 0. The van der Waals surface area contributed by atoms with E-state index in [1.165, 1.54) is 6.34 Å². The number of fused-ring (bicyclic) bond motifs is 1. The van der Waals surface area contributed by atoms with Gasteiger partial charge in [0.25, 0.3) is 5.91 Å². The number of rotatable bonds is 3. The number of aliphatic hydroxyl groups excluding tert-OH is 1. The van der Waals surface area contributed by atoms with Crippen LogP contribution in [-0.2, 0) is 4.79 Å². The number of carbonyl (C=O) groups excluding carboxylic acids is 1. The smallest absolute Gasteiger partial charge is 0.257 e. The lowest BCUT2D eigenvalue weighted by Crippen LogP contribution is -2.53. The second kappa shape index (κ2) is 4.18. The van der Waals surface area contributed by atoms with Crippen molar-refractivity contribution in [1.82, 2.24) is 10.2 Å². The van der Waals surface area contributed by atoms with Crippen LogP contribution in [0.2, 0.25) is 0 Å². The quantitative estimate of drug-likeness (QED) is 0.541. The maximum Gasteiger partial charge on any atom is 0.257 e. The lowest BCUT2D eigenvalue weighted by atomic mass is 10.2. The molecule has 86 valence electrons. The molecule has 2 aliphatic heterocycles. The SMILES string of the molecule is N=C1N=C2N=CN(CC(O)CCl)C2C(=O)N1. The van der Waals surface area contributed by atoms with E-state index in [1.54, 1.807) is 4.90 Å². The zero-order valence-electron chi connectivity index (χ0n) is 8.22. The van der Waals surface area contributed by atoms with Gasteiger partial charge in [0.2, 0.25) is 5.96 Å². The fraction of sp³-hybridized carbons (Fsp3) is 0.500. The number of nitrogens with one attached hydrogen (secondary N) is 2. The minimum atomic E-state index is -0.735. The van der Waals surface area contributed by atoms with Crippen LogP contribution in [0, 0.1) is 5.41 Å². The number of halogens is 1. The molecule has 2 atom stereocenters. The van der Waals surface area contributed by atoms with Crippen LogP contribution in [0.15, 0.2) is 9.98 Å². The first-order valence-corrected chi connectivity index (χ1v) is 5.17. The highest BCUT2D eigenvalue weighted by atomic mass is 35.5. The predicted molar refractivity (Wildman–Crippen MR) is 59.0 cm³/mol. The summed E-state index contributed by atoms with van der Waals surface area (Å²) in [5.74, 6) is -0.223. The molecule has 0 spiro atoms. The fourth-order valence-corrected chi connectivity index (χ4v) is 1.65. The van der Waals surface area contributed by atoms with Gasteiger partial charge in [-0.25, -0.2) is 4.99 Å². The Bertz CT molecular complexity index is 394. The van der Waals surface area contributed by atoms with Crippen molar-refractivity contribution in [1.29, 1.82) is 5.41 Å². The molecule has 2 aliphatic rings. The number of amidine groups is 1. The van der Waals surface area contributed by atoms with Gasteiger partial charge in [0.05, 0.1) is 18.3 Å².